The van der Waals surface area contributed by atoms with Crippen molar-refractivity contribution in [2.24, 2.45) is 0 Å². The van der Waals surface area contributed by atoms with Gasteiger partial charge >= 0.3 is 5.69 Å². The van der Waals surface area contributed by atoms with Crippen LogP contribution in [0.25, 0.3) is 22.3 Å². The summed E-state index contributed by atoms with van der Waals surface area (Å²) in [5, 5.41) is 9.52. The van der Waals surface area contributed by atoms with E-state index in [1.54, 1.807) is 37.4 Å². The molecule has 4 aromatic rings. The first-order valence-electron chi connectivity index (χ1n) is 11.1. The predicted octanol–water partition coefficient (Wildman–Crippen LogP) is 3.01. The molecule has 1 N–H and O–H groups in total. The van der Waals surface area contributed by atoms with Gasteiger partial charge in [-0.2, -0.15) is 5.26 Å². The molecule has 0 saturated carbocycles. The van der Waals surface area contributed by atoms with Crippen LogP contribution in [0.3, 0.4) is 0 Å². The number of sulfone groups is 1. The molecule has 186 valence electrons. The van der Waals surface area contributed by atoms with Crippen molar-refractivity contribution in [1.29, 1.82) is 5.26 Å². The molecule has 0 aliphatic heterocycles. The summed E-state index contributed by atoms with van der Waals surface area (Å²) in [7, 11) is -2.07. The van der Waals surface area contributed by atoms with Gasteiger partial charge in [0.05, 0.1) is 48.4 Å². The molecule has 11 heteroatoms. The summed E-state index contributed by atoms with van der Waals surface area (Å²) in [5.41, 5.74) is 3.06. The summed E-state index contributed by atoms with van der Waals surface area (Å²) in [6.07, 6.45) is 2.69. The minimum absolute atomic E-state index is 0.198. The molecule has 36 heavy (non-hydrogen) atoms. The van der Waals surface area contributed by atoms with Gasteiger partial charge in [-0.05, 0) is 37.6 Å². The Labute approximate surface area is 208 Å². The van der Waals surface area contributed by atoms with Gasteiger partial charge in [-0.1, -0.05) is 18.2 Å². The molecule has 0 aliphatic rings. The average molecular weight is 508 g/mol. The molecule has 1 atom stereocenters. The zero-order valence-corrected chi connectivity index (χ0v) is 21.1. The van der Waals surface area contributed by atoms with E-state index < -0.39 is 21.6 Å². The number of rotatable bonds is 8. The molecular formula is C25H25N5O5S. The highest BCUT2D eigenvalue weighted by Crippen LogP contribution is 2.32. The minimum Gasteiger partial charge on any atom is -0.491 e. The Kier molecular flexibility index (Phi) is 6.81. The Morgan fingerprint density at radius 3 is 2.61 bits per heavy atom. The maximum Gasteiger partial charge on any atom is 0.328 e. The Bertz CT molecular complexity index is 1650. The first-order chi connectivity index (χ1) is 17.2. The van der Waals surface area contributed by atoms with E-state index in [1.807, 2.05) is 19.1 Å². The number of ether oxygens (including phenoxy) is 2. The number of imidazole rings is 1. The van der Waals surface area contributed by atoms with Crippen molar-refractivity contribution in [2.45, 2.75) is 19.9 Å². The fourth-order valence-electron chi connectivity index (χ4n) is 4.16. The second-order valence-electron chi connectivity index (χ2n) is 8.24. The summed E-state index contributed by atoms with van der Waals surface area (Å²) >= 11 is 0. The van der Waals surface area contributed by atoms with Gasteiger partial charge in [0.15, 0.2) is 11.4 Å². The van der Waals surface area contributed by atoms with Crippen LogP contribution in [0, 0.1) is 18.3 Å². The SMILES string of the molecule is CCOc1nc([C@@H](CS(C)(=O)=O)n2c(=O)[nH]c3c(C)c(-c4ccccc4C#N)cnc32)ccc1OC. The quantitative estimate of drug-likeness (QED) is 0.384. The molecule has 0 bridgehead atoms. The van der Waals surface area contributed by atoms with Crippen LogP contribution in [0.15, 0.2) is 47.4 Å². The molecule has 0 fully saturated rings. The van der Waals surface area contributed by atoms with Gasteiger partial charge in [0.25, 0.3) is 5.88 Å². The third kappa shape index (κ3) is 4.67. The zero-order valence-electron chi connectivity index (χ0n) is 20.3. The van der Waals surface area contributed by atoms with E-state index in [0.717, 1.165) is 6.26 Å². The second-order valence-corrected chi connectivity index (χ2v) is 10.4. The first kappa shape index (κ1) is 24.9. The van der Waals surface area contributed by atoms with Crippen LogP contribution < -0.4 is 15.2 Å². The normalized spacial score (nSPS) is 12.3. The number of methoxy groups -OCH3 is 1. The van der Waals surface area contributed by atoms with E-state index in [4.69, 9.17) is 9.47 Å². The maximum absolute atomic E-state index is 13.2. The standard InChI is InChI=1S/C25H25N5O5S/c1-5-35-24-21(34-3)11-10-19(28-24)20(14-36(4,32)33)30-23-22(29-25(30)31)15(2)18(13-27-23)17-9-7-6-8-16(17)12-26/h6-11,13,20H,5,14H2,1-4H3,(H,29,31)/t20-/m1/s1. The van der Waals surface area contributed by atoms with Gasteiger partial charge in [0, 0.05) is 23.6 Å². The van der Waals surface area contributed by atoms with Crippen LogP contribution in [0.2, 0.25) is 0 Å². The van der Waals surface area contributed by atoms with Crippen molar-refractivity contribution >= 4 is 21.0 Å². The van der Waals surface area contributed by atoms with Crippen LogP contribution in [-0.4, -0.2) is 53.7 Å². The summed E-state index contributed by atoms with van der Waals surface area (Å²) < 4.78 is 37.0. The Hall–Kier alpha value is -4.17. The Morgan fingerprint density at radius 1 is 1.19 bits per heavy atom. The lowest BCUT2D eigenvalue weighted by Crippen LogP contribution is -2.29. The van der Waals surface area contributed by atoms with Gasteiger partial charge < -0.3 is 14.5 Å². The lowest BCUT2D eigenvalue weighted by molar-refractivity contribution is 0.296. The fraction of sp³-hybridized carbons (Fsp3) is 0.280. The van der Waals surface area contributed by atoms with Crippen molar-refractivity contribution in [3.05, 3.63) is 69.9 Å². The number of benzene rings is 1. The summed E-state index contributed by atoms with van der Waals surface area (Å²) in [6.45, 7) is 3.93. The predicted molar refractivity (Wildman–Crippen MR) is 135 cm³/mol. The highest BCUT2D eigenvalue weighted by Gasteiger charge is 2.27. The molecule has 0 unspecified atom stereocenters. The largest absolute Gasteiger partial charge is 0.491 e. The van der Waals surface area contributed by atoms with E-state index in [0.29, 0.717) is 45.8 Å². The van der Waals surface area contributed by atoms with E-state index in [-0.39, 0.29) is 17.3 Å². The number of fused-ring (bicyclic) bond motifs is 1. The number of nitriles is 1. The van der Waals surface area contributed by atoms with E-state index in [9.17, 15) is 18.5 Å². The molecule has 10 nitrogen and oxygen atoms in total. The number of nitrogens with one attached hydrogen (secondary N) is 1. The number of aromatic nitrogens is 4. The Morgan fingerprint density at radius 2 is 1.94 bits per heavy atom. The van der Waals surface area contributed by atoms with Crippen LogP contribution >= 0.6 is 0 Å². The molecule has 3 aromatic heterocycles. The van der Waals surface area contributed by atoms with E-state index in [1.165, 1.54) is 11.7 Å². The molecule has 0 amide bonds. The topological polar surface area (TPSA) is 140 Å². The van der Waals surface area contributed by atoms with Crippen LogP contribution in [-0.2, 0) is 9.84 Å². The van der Waals surface area contributed by atoms with Gasteiger partial charge in [0.2, 0.25) is 0 Å². The van der Waals surface area contributed by atoms with Crippen molar-refractivity contribution in [1.82, 2.24) is 19.5 Å². The van der Waals surface area contributed by atoms with Gasteiger partial charge in [-0.25, -0.2) is 23.2 Å². The lowest BCUT2D eigenvalue weighted by Gasteiger charge is -2.19. The minimum atomic E-state index is -3.54. The number of pyridine rings is 2. The van der Waals surface area contributed by atoms with Gasteiger partial charge in [-0.15, -0.1) is 0 Å². The van der Waals surface area contributed by atoms with Gasteiger partial charge in [0.1, 0.15) is 9.84 Å². The third-order valence-corrected chi connectivity index (χ3v) is 6.72. The van der Waals surface area contributed by atoms with E-state index >= 15 is 0 Å². The van der Waals surface area contributed by atoms with Crippen LogP contribution in [0.4, 0.5) is 0 Å². The second kappa shape index (κ2) is 9.83. The molecule has 0 aliphatic carbocycles. The average Bonchev–Trinajstić information content (AvgIpc) is 3.19. The number of nitrogens with zero attached hydrogens (tertiary/aromatic N) is 4. The molecule has 0 radical (unpaired) electrons. The molecule has 0 saturated heterocycles. The smallest absolute Gasteiger partial charge is 0.328 e. The maximum atomic E-state index is 13.2. The van der Waals surface area contributed by atoms with Crippen molar-refractivity contribution in [3.63, 3.8) is 0 Å². The molecular weight excluding hydrogens is 482 g/mol. The zero-order chi connectivity index (χ0) is 26.0. The monoisotopic (exact) mass is 507 g/mol. The molecule has 0 spiro atoms. The summed E-state index contributed by atoms with van der Waals surface area (Å²) in [6, 6.07) is 11.5. The summed E-state index contributed by atoms with van der Waals surface area (Å²) in [4.78, 5) is 25.1. The highest BCUT2D eigenvalue weighted by molar-refractivity contribution is 7.90. The number of hydrogen-bond acceptors (Lipinski definition) is 8. The van der Waals surface area contributed by atoms with E-state index in [2.05, 4.69) is 21.0 Å². The summed E-state index contributed by atoms with van der Waals surface area (Å²) in [5.74, 6) is 0.202. The third-order valence-electron chi connectivity index (χ3n) is 5.80. The lowest BCUT2D eigenvalue weighted by atomic mass is 9.98. The number of aryl methyl sites for hydroxylation is 1. The van der Waals surface area contributed by atoms with Crippen LogP contribution in [0.5, 0.6) is 11.6 Å². The van der Waals surface area contributed by atoms with Gasteiger partial charge in [-0.3, -0.25) is 4.57 Å². The molecule has 3 heterocycles. The fourth-order valence-corrected chi connectivity index (χ4v) is 5.06. The van der Waals surface area contributed by atoms with Crippen molar-refractivity contribution in [3.8, 4) is 28.8 Å². The van der Waals surface area contributed by atoms with Crippen LogP contribution in [0.1, 0.15) is 29.8 Å². The van der Waals surface area contributed by atoms with Crippen molar-refractivity contribution < 1.29 is 17.9 Å². The Balaban J connectivity index is 1.94. The first-order valence-corrected chi connectivity index (χ1v) is 13.2. The molecule has 1 aromatic carbocycles. The molecule has 4 rings (SSSR count). The number of H-pyrrole nitrogens is 1. The number of hydrogen-bond donors (Lipinski definition) is 1. The van der Waals surface area contributed by atoms with Crippen molar-refractivity contribution in [2.75, 3.05) is 25.7 Å². The number of aromatic amines is 1. The highest BCUT2D eigenvalue weighted by atomic mass is 32.2.